The lowest BCUT2D eigenvalue weighted by Crippen LogP contribution is -2.49. The third-order valence-corrected chi connectivity index (χ3v) is 8.39. The molecule has 4 rings (SSSR count). The van der Waals surface area contributed by atoms with Crippen LogP contribution in [0.1, 0.15) is 65.2 Å². The zero-order chi connectivity index (χ0) is 17.7. The Morgan fingerprint density at radius 2 is 1.96 bits per heavy atom. The third-order valence-electron chi connectivity index (χ3n) is 8.39. The first-order valence-electron chi connectivity index (χ1n) is 9.90. The summed E-state index contributed by atoms with van der Waals surface area (Å²) in [6, 6.07) is 2.29. The fourth-order valence-electron chi connectivity index (χ4n) is 6.99. The Labute approximate surface area is 151 Å². The molecule has 0 N–H and O–H groups in total. The van der Waals surface area contributed by atoms with E-state index in [-0.39, 0.29) is 16.9 Å². The molecule has 0 aromatic carbocycles. The van der Waals surface area contributed by atoms with Crippen LogP contribution in [0.25, 0.3) is 0 Å². The molecule has 25 heavy (non-hydrogen) atoms. The van der Waals surface area contributed by atoms with E-state index in [1.165, 1.54) is 31.3 Å². The van der Waals surface area contributed by atoms with Crippen LogP contribution in [0, 0.1) is 39.9 Å². The van der Waals surface area contributed by atoms with E-state index in [0.29, 0.717) is 6.47 Å². The molecule has 0 heterocycles. The minimum atomic E-state index is 0.0823. The summed E-state index contributed by atoms with van der Waals surface area (Å²) in [6.07, 6.45) is 13.5. The normalized spacial score (nSPS) is 47.1. The molecule has 0 aromatic heterocycles. The molecular weight excluding hydrogens is 310 g/mol. The summed E-state index contributed by atoms with van der Waals surface area (Å²) < 4.78 is 5.28. The maximum atomic E-state index is 10.7. The van der Waals surface area contributed by atoms with E-state index in [4.69, 9.17) is 10.00 Å². The fourth-order valence-corrected chi connectivity index (χ4v) is 6.99. The molecule has 0 saturated heterocycles. The molecule has 0 bridgehead atoms. The van der Waals surface area contributed by atoms with Crippen LogP contribution >= 0.6 is 0 Å². The molecule has 6 atom stereocenters. The summed E-state index contributed by atoms with van der Waals surface area (Å²) in [5.74, 6) is 2.23. The van der Waals surface area contributed by atoms with Crippen LogP contribution in [0.5, 0.6) is 0 Å². The number of hydrogen-bond donors (Lipinski definition) is 0. The summed E-state index contributed by atoms with van der Waals surface area (Å²) >= 11 is 0. The van der Waals surface area contributed by atoms with Crippen molar-refractivity contribution in [3.8, 4) is 6.07 Å². The van der Waals surface area contributed by atoms with Crippen LogP contribution in [0.15, 0.2) is 23.3 Å². The van der Waals surface area contributed by atoms with Gasteiger partial charge in [0.15, 0.2) is 0 Å². The Bertz CT molecular complexity index is 672. The molecule has 0 aromatic rings. The lowest BCUT2D eigenvalue weighted by atomic mass is 9.48. The van der Waals surface area contributed by atoms with Crippen LogP contribution in [0.2, 0.25) is 0 Å². The van der Waals surface area contributed by atoms with Crippen molar-refractivity contribution in [2.45, 2.75) is 71.3 Å². The van der Waals surface area contributed by atoms with Gasteiger partial charge in [-0.2, -0.15) is 5.26 Å². The highest BCUT2D eigenvalue weighted by molar-refractivity contribution is 5.38. The minimum Gasteiger partial charge on any atom is -0.464 e. The van der Waals surface area contributed by atoms with E-state index < -0.39 is 0 Å². The fraction of sp³-hybridized carbons (Fsp3) is 0.727. The molecule has 3 saturated carbocycles. The number of ether oxygens (including phenoxy) is 1. The number of rotatable bonds is 2. The Morgan fingerprint density at radius 1 is 1.20 bits per heavy atom. The predicted octanol–water partition coefficient (Wildman–Crippen LogP) is 4.94. The monoisotopic (exact) mass is 339 g/mol. The van der Waals surface area contributed by atoms with Crippen molar-refractivity contribution in [3.05, 3.63) is 23.3 Å². The Hall–Kier alpha value is -1.56. The van der Waals surface area contributed by atoms with Crippen LogP contribution in [-0.2, 0) is 9.53 Å². The van der Waals surface area contributed by atoms with Crippen molar-refractivity contribution in [1.29, 1.82) is 5.26 Å². The molecule has 4 aliphatic carbocycles. The molecule has 134 valence electrons. The van der Waals surface area contributed by atoms with E-state index in [0.717, 1.165) is 43.4 Å². The first kappa shape index (κ1) is 16.9. The maximum absolute atomic E-state index is 10.7. The highest BCUT2D eigenvalue weighted by Crippen LogP contribution is 2.66. The molecular formula is C22H29NO2. The van der Waals surface area contributed by atoms with E-state index in [1.807, 2.05) is 6.08 Å². The van der Waals surface area contributed by atoms with Gasteiger partial charge in [-0.05, 0) is 73.5 Å². The molecule has 0 aliphatic heterocycles. The van der Waals surface area contributed by atoms with Crippen molar-refractivity contribution in [1.82, 2.24) is 0 Å². The van der Waals surface area contributed by atoms with Crippen molar-refractivity contribution in [3.63, 3.8) is 0 Å². The van der Waals surface area contributed by atoms with E-state index in [9.17, 15) is 4.79 Å². The highest BCUT2D eigenvalue weighted by atomic mass is 16.5. The van der Waals surface area contributed by atoms with Crippen LogP contribution < -0.4 is 0 Å². The summed E-state index contributed by atoms with van der Waals surface area (Å²) in [5, 5.41) is 9.16. The molecule has 0 spiro atoms. The zero-order valence-electron chi connectivity index (χ0n) is 15.5. The SMILES string of the molecule is CC12CCC(OC=O)CC1=CCC1C2CCC2(C)/C(=C/C#N)CCC12. The largest absolute Gasteiger partial charge is 0.464 e. The number of hydrogen-bond acceptors (Lipinski definition) is 3. The molecule has 3 nitrogen and oxygen atoms in total. The van der Waals surface area contributed by atoms with Gasteiger partial charge < -0.3 is 4.74 Å². The number of fused-ring (bicyclic) bond motifs is 5. The van der Waals surface area contributed by atoms with Crippen molar-refractivity contribution >= 4 is 6.47 Å². The molecule has 0 amide bonds. The highest BCUT2D eigenvalue weighted by Gasteiger charge is 2.57. The second kappa shape index (κ2) is 6.01. The second-order valence-corrected chi connectivity index (χ2v) is 9.15. The summed E-state index contributed by atoms with van der Waals surface area (Å²) in [7, 11) is 0. The van der Waals surface area contributed by atoms with E-state index in [1.54, 1.807) is 5.57 Å². The van der Waals surface area contributed by atoms with Crippen molar-refractivity contribution in [2.24, 2.45) is 28.6 Å². The van der Waals surface area contributed by atoms with Gasteiger partial charge in [-0.15, -0.1) is 0 Å². The Morgan fingerprint density at radius 3 is 2.72 bits per heavy atom. The molecule has 3 fully saturated rings. The third kappa shape index (κ3) is 2.40. The van der Waals surface area contributed by atoms with Gasteiger partial charge in [0, 0.05) is 12.5 Å². The van der Waals surface area contributed by atoms with Crippen molar-refractivity contribution in [2.75, 3.05) is 0 Å². The lowest BCUT2D eigenvalue weighted by molar-refractivity contribution is -0.135. The topological polar surface area (TPSA) is 50.1 Å². The molecule has 0 radical (unpaired) electrons. The van der Waals surface area contributed by atoms with E-state index in [2.05, 4.69) is 26.0 Å². The van der Waals surface area contributed by atoms with Crippen LogP contribution in [0.4, 0.5) is 0 Å². The number of nitriles is 1. The van der Waals surface area contributed by atoms with Gasteiger partial charge in [0.2, 0.25) is 0 Å². The van der Waals surface area contributed by atoms with E-state index >= 15 is 0 Å². The number of carbonyl (C=O) groups excluding carboxylic acids is 1. The van der Waals surface area contributed by atoms with Gasteiger partial charge in [0.25, 0.3) is 6.47 Å². The first-order valence-corrected chi connectivity index (χ1v) is 9.90. The zero-order valence-corrected chi connectivity index (χ0v) is 15.5. The minimum absolute atomic E-state index is 0.0823. The van der Waals surface area contributed by atoms with Crippen LogP contribution in [-0.4, -0.2) is 12.6 Å². The van der Waals surface area contributed by atoms with Crippen LogP contribution in [0.3, 0.4) is 0 Å². The predicted molar refractivity (Wildman–Crippen MR) is 96.3 cm³/mol. The number of allylic oxidation sites excluding steroid dienone is 3. The number of nitrogens with zero attached hydrogens (tertiary/aromatic N) is 1. The summed E-state index contributed by atoms with van der Waals surface area (Å²) in [4.78, 5) is 10.7. The molecule has 6 unspecified atom stereocenters. The van der Waals surface area contributed by atoms with Gasteiger partial charge in [0.1, 0.15) is 6.10 Å². The standard InChI is InChI=1S/C22H29NO2/c1-21-11-8-20-18(19(21)6-4-15(21)9-12-23)5-3-16-13-17(25-14-24)7-10-22(16,20)2/h3,9,14,17-20H,4-8,10-11,13H2,1-2H3/b15-9+. The van der Waals surface area contributed by atoms with Gasteiger partial charge in [-0.25, -0.2) is 0 Å². The lowest BCUT2D eigenvalue weighted by Gasteiger charge is -2.57. The van der Waals surface area contributed by atoms with Gasteiger partial charge in [0.05, 0.1) is 6.07 Å². The number of carbonyl (C=O) groups is 1. The Kier molecular flexibility index (Phi) is 4.06. The second-order valence-electron chi connectivity index (χ2n) is 9.15. The smallest absolute Gasteiger partial charge is 0.293 e. The van der Waals surface area contributed by atoms with Gasteiger partial charge in [-0.3, -0.25) is 4.79 Å². The molecule has 3 heteroatoms. The van der Waals surface area contributed by atoms with Gasteiger partial charge >= 0.3 is 0 Å². The Balaban J connectivity index is 1.62. The average Bonchev–Trinajstić information content (AvgIpc) is 2.93. The quantitative estimate of drug-likeness (QED) is 0.407. The average molecular weight is 339 g/mol. The maximum Gasteiger partial charge on any atom is 0.293 e. The summed E-state index contributed by atoms with van der Waals surface area (Å²) in [6.45, 7) is 5.50. The first-order chi connectivity index (χ1) is 12.0. The molecule has 4 aliphatic rings. The van der Waals surface area contributed by atoms with Gasteiger partial charge in [-0.1, -0.05) is 31.1 Å². The van der Waals surface area contributed by atoms with Crippen molar-refractivity contribution < 1.29 is 9.53 Å². The summed E-state index contributed by atoms with van der Waals surface area (Å²) in [5.41, 5.74) is 3.48.